The van der Waals surface area contributed by atoms with E-state index in [1.165, 1.54) is 0 Å². The summed E-state index contributed by atoms with van der Waals surface area (Å²) in [4.78, 5) is 4.45. The fourth-order valence-corrected chi connectivity index (χ4v) is 4.64. The van der Waals surface area contributed by atoms with Gasteiger partial charge >= 0.3 is 0 Å². The van der Waals surface area contributed by atoms with E-state index in [9.17, 15) is 8.42 Å². The Morgan fingerprint density at radius 3 is 3.05 bits per heavy atom. The predicted octanol–water partition coefficient (Wildman–Crippen LogP) is 2.50. The number of aromatic nitrogens is 2. The van der Waals surface area contributed by atoms with Gasteiger partial charge in [0.15, 0.2) is 9.84 Å². The van der Waals surface area contributed by atoms with Crippen molar-refractivity contribution in [3.05, 3.63) is 35.2 Å². The molecule has 0 N–H and O–H groups in total. The summed E-state index contributed by atoms with van der Waals surface area (Å²) in [5.74, 6) is 0.316. The van der Waals surface area contributed by atoms with E-state index in [1.54, 1.807) is 12.1 Å². The van der Waals surface area contributed by atoms with Gasteiger partial charge in [-0.25, -0.2) is 13.4 Å². The summed E-state index contributed by atoms with van der Waals surface area (Å²) in [5, 5.41) is 0.358. The van der Waals surface area contributed by atoms with Crippen LogP contribution in [-0.4, -0.2) is 28.8 Å². The van der Waals surface area contributed by atoms with Crippen molar-refractivity contribution in [2.24, 2.45) is 0 Å². The quantitative estimate of drug-likeness (QED) is 0.856. The highest BCUT2D eigenvalue weighted by atomic mass is 35.5. The van der Waals surface area contributed by atoms with Crippen molar-refractivity contribution >= 4 is 27.1 Å². The Bertz CT molecular complexity index is 709. The molecule has 1 aliphatic rings. The zero-order valence-electron chi connectivity index (χ0n) is 10.4. The molecule has 19 heavy (non-hydrogen) atoms. The summed E-state index contributed by atoms with van der Waals surface area (Å²) in [6.45, 7) is 0. The first-order chi connectivity index (χ1) is 9.04. The number of imidazole rings is 1. The predicted molar refractivity (Wildman–Crippen MR) is 75.3 cm³/mol. The molecule has 0 aromatic carbocycles. The lowest BCUT2D eigenvalue weighted by atomic mass is 10.1. The Hall–Kier alpha value is -1.07. The van der Waals surface area contributed by atoms with Crippen molar-refractivity contribution in [1.29, 1.82) is 0 Å². The maximum atomic E-state index is 12.0. The summed E-state index contributed by atoms with van der Waals surface area (Å²) < 4.78 is 25.9. The molecule has 0 amide bonds. The van der Waals surface area contributed by atoms with E-state index >= 15 is 0 Å². The highest BCUT2D eigenvalue weighted by molar-refractivity contribution is 7.92. The number of pyridine rings is 1. The van der Waals surface area contributed by atoms with Gasteiger partial charge in [-0.15, -0.1) is 0 Å². The second-order valence-electron chi connectivity index (χ2n) is 5.03. The average Bonchev–Trinajstić information content (AvgIpc) is 2.73. The molecule has 0 aliphatic carbocycles. The van der Waals surface area contributed by atoms with Crippen LogP contribution in [0.4, 0.5) is 0 Å². The van der Waals surface area contributed by atoms with Gasteiger partial charge in [0.1, 0.15) is 5.65 Å². The number of halogens is 1. The molecule has 2 aromatic rings. The summed E-state index contributed by atoms with van der Waals surface area (Å²) in [6.07, 6.45) is 6.75. The molecule has 1 unspecified atom stereocenters. The first kappa shape index (κ1) is 12.9. The molecule has 102 valence electrons. The Kier molecular flexibility index (Phi) is 3.27. The second-order valence-corrected chi connectivity index (χ2v) is 7.87. The Balaban J connectivity index is 1.88. The zero-order chi connectivity index (χ0) is 13.5. The minimum absolute atomic E-state index is 0.276. The molecule has 3 rings (SSSR count). The Morgan fingerprint density at radius 2 is 2.26 bits per heavy atom. The van der Waals surface area contributed by atoms with E-state index in [1.807, 2.05) is 16.8 Å². The minimum atomic E-state index is -2.94. The molecule has 3 heterocycles. The van der Waals surface area contributed by atoms with Crippen LogP contribution >= 0.6 is 11.6 Å². The number of fused-ring (bicyclic) bond motifs is 1. The first-order valence-corrected chi connectivity index (χ1v) is 8.49. The largest absolute Gasteiger partial charge is 0.307 e. The molecule has 6 heteroatoms. The maximum Gasteiger partial charge on any atom is 0.153 e. The van der Waals surface area contributed by atoms with Crippen LogP contribution in [0.1, 0.15) is 25.0 Å². The van der Waals surface area contributed by atoms with Crippen LogP contribution < -0.4 is 0 Å². The summed E-state index contributed by atoms with van der Waals surface area (Å²) in [6, 6.07) is 3.57. The fraction of sp³-hybridized carbons (Fsp3) is 0.462. The third kappa shape index (κ3) is 2.62. The molecule has 1 fully saturated rings. The highest BCUT2D eigenvalue weighted by Crippen LogP contribution is 2.23. The lowest BCUT2D eigenvalue weighted by Gasteiger charge is -2.21. The fourth-order valence-electron chi connectivity index (χ4n) is 2.59. The molecule has 2 aromatic heterocycles. The molecule has 4 nitrogen and oxygen atoms in total. The van der Waals surface area contributed by atoms with Crippen molar-refractivity contribution < 1.29 is 8.42 Å². The van der Waals surface area contributed by atoms with Crippen LogP contribution in [0, 0.1) is 0 Å². The van der Waals surface area contributed by atoms with Crippen LogP contribution in [0.5, 0.6) is 0 Å². The highest BCUT2D eigenvalue weighted by Gasteiger charge is 2.29. The molecular formula is C13H15ClN2O2S. The number of rotatable bonds is 2. The van der Waals surface area contributed by atoms with Crippen molar-refractivity contribution in [2.75, 3.05) is 5.75 Å². The maximum absolute atomic E-state index is 12.0. The molecular weight excluding hydrogens is 284 g/mol. The van der Waals surface area contributed by atoms with Gasteiger partial charge in [0.2, 0.25) is 0 Å². The van der Waals surface area contributed by atoms with Crippen LogP contribution in [0.25, 0.3) is 5.65 Å². The third-order valence-corrected chi connectivity index (χ3v) is 6.13. The summed E-state index contributed by atoms with van der Waals surface area (Å²) in [5.41, 5.74) is 1.58. The number of hydrogen-bond acceptors (Lipinski definition) is 3. The van der Waals surface area contributed by atoms with E-state index in [0.717, 1.165) is 30.6 Å². The molecule has 0 bridgehead atoms. The van der Waals surface area contributed by atoms with E-state index in [4.69, 9.17) is 11.6 Å². The van der Waals surface area contributed by atoms with Crippen LogP contribution in [0.3, 0.4) is 0 Å². The van der Waals surface area contributed by atoms with Crippen LogP contribution in [-0.2, 0) is 16.3 Å². The van der Waals surface area contributed by atoms with Crippen molar-refractivity contribution in [3.8, 4) is 0 Å². The molecule has 1 atom stereocenters. The molecule has 0 saturated carbocycles. The van der Waals surface area contributed by atoms with Gasteiger partial charge in [0.25, 0.3) is 0 Å². The van der Waals surface area contributed by atoms with Crippen LogP contribution in [0.2, 0.25) is 5.02 Å². The Morgan fingerprint density at radius 1 is 1.42 bits per heavy atom. The minimum Gasteiger partial charge on any atom is -0.307 e. The molecule has 0 spiro atoms. The van der Waals surface area contributed by atoms with Gasteiger partial charge in [-0.05, 0) is 25.0 Å². The molecule has 1 aliphatic heterocycles. The molecule has 1 saturated heterocycles. The van der Waals surface area contributed by atoms with Gasteiger partial charge in [-0.2, -0.15) is 0 Å². The Labute approximate surface area is 117 Å². The third-order valence-electron chi connectivity index (χ3n) is 3.62. The van der Waals surface area contributed by atoms with Crippen molar-refractivity contribution in [3.63, 3.8) is 0 Å². The van der Waals surface area contributed by atoms with E-state index in [2.05, 4.69) is 4.98 Å². The molecule has 0 radical (unpaired) electrons. The van der Waals surface area contributed by atoms with Crippen molar-refractivity contribution in [1.82, 2.24) is 9.38 Å². The first-order valence-electron chi connectivity index (χ1n) is 6.39. The standard InChI is InChI=1S/C13H15ClN2O2S/c14-10-4-5-16-9-11(15-13(16)7-10)8-12-3-1-2-6-19(12,17)18/h4-5,7,9,12H,1-3,6,8H2. The topological polar surface area (TPSA) is 51.4 Å². The van der Waals surface area contributed by atoms with Crippen LogP contribution in [0.15, 0.2) is 24.5 Å². The lowest BCUT2D eigenvalue weighted by Crippen LogP contribution is -2.30. The van der Waals surface area contributed by atoms with Gasteiger partial charge < -0.3 is 4.40 Å². The SMILES string of the molecule is O=S1(=O)CCCCC1Cc1cn2ccc(Cl)cc2n1. The van der Waals surface area contributed by atoms with E-state index < -0.39 is 9.84 Å². The van der Waals surface area contributed by atoms with Crippen molar-refractivity contribution in [2.45, 2.75) is 30.9 Å². The lowest BCUT2D eigenvalue weighted by molar-refractivity contribution is 0.536. The van der Waals surface area contributed by atoms with Gasteiger partial charge in [-0.3, -0.25) is 0 Å². The number of hydrogen-bond donors (Lipinski definition) is 0. The zero-order valence-corrected chi connectivity index (χ0v) is 12.0. The van der Waals surface area contributed by atoms with E-state index in [-0.39, 0.29) is 5.25 Å². The van der Waals surface area contributed by atoms with Gasteiger partial charge in [-0.1, -0.05) is 18.0 Å². The smallest absolute Gasteiger partial charge is 0.153 e. The second kappa shape index (κ2) is 4.80. The van der Waals surface area contributed by atoms with E-state index in [0.29, 0.717) is 17.2 Å². The average molecular weight is 299 g/mol. The number of sulfone groups is 1. The van der Waals surface area contributed by atoms with Gasteiger partial charge in [0, 0.05) is 23.8 Å². The summed E-state index contributed by atoms with van der Waals surface area (Å²) >= 11 is 5.92. The summed E-state index contributed by atoms with van der Waals surface area (Å²) in [7, 11) is -2.94. The monoisotopic (exact) mass is 298 g/mol. The number of nitrogens with zero attached hydrogens (tertiary/aromatic N) is 2. The van der Waals surface area contributed by atoms with Gasteiger partial charge in [0.05, 0.1) is 16.7 Å². The normalized spacial score (nSPS) is 22.7.